The predicted molar refractivity (Wildman–Crippen MR) is 90.2 cm³/mol. The highest BCUT2D eigenvalue weighted by Gasteiger charge is 2.24. The van der Waals surface area contributed by atoms with Gasteiger partial charge in [-0.05, 0) is 50.8 Å². The van der Waals surface area contributed by atoms with Crippen LogP contribution in [0.15, 0.2) is 35.4 Å². The van der Waals surface area contributed by atoms with Crippen LogP contribution in [-0.4, -0.2) is 36.5 Å². The number of H-pyrrole nitrogens is 1. The zero-order valence-corrected chi connectivity index (χ0v) is 14.4. The molecular formula is C17H23N3O2S. The summed E-state index contributed by atoms with van der Waals surface area (Å²) in [6, 6.07) is 7.29. The number of hydrogen-bond donors (Lipinski definition) is 2. The third-order valence-corrected chi connectivity index (χ3v) is 6.32. The van der Waals surface area contributed by atoms with Crippen LogP contribution in [0.3, 0.4) is 0 Å². The monoisotopic (exact) mass is 333 g/mol. The second kappa shape index (κ2) is 6.45. The first-order chi connectivity index (χ1) is 10.9. The van der Waals surface area contributed by atoms with Gasteiger partial charge in [0.2, 0.25) is 0 Å². The predicted octanol–water partition coefficient (Wildman–Crippen LogP) is 2.03. The van der Waals surface area contributed by atoms with Crippen LogP contribution in [0.5, 0.6) is 0 Å². The van der Waals surface area contributed by atoms with Crippen LogP contribution >= 0.6 is 0 Å². The molecule has 2 N–H and O–H groups in total. The third kappa shape index (κ3) is 3.82. The highest BCUT2D eigenvalue weighted by molar-refractivity contribution is 7.91. The summed E-state index contributed by atoms with van der Waals surface area (Å²) in [4.78, 5) is 0.400. The average Bonchev–Trinajstić information content (AvgIpc) is 2.94. The van der Waals surface area contributed by atoms with Crippen LogP contribution in [0.1, 0.15) is 30.2 Å². The molecule has 0 bridgehead atoms. The van der Waals surface area contributed by atoms with Crippen molar-refractivity contribution in [2.24, 2.45) is 0 Å². The first-order valence-corrected chi connectivity index (χ1v) is 9.66. The molecule has 1 aromatic carbocycles. The van der Waals surface area contributed by atoms with Crippen molar-refractivity contribution in [1.29, 1.82) is 0 Å². The van der Waals surface area contributed by atoms with Crippen molar-refractivity contribution < 1.29 is 8.42 Å². The molecule has 0 saturated heterocycles. The number of aryl methyl sites for hydroxylation is 2. The first-order valence-electron chi connectivity index (χ1n) is 8.00. The van der Waals surface area contributed by atoms with Crippen LogP contribution in [0.4, 0.5) is 0 Å². The van der Waals surface area contributed by atoms with Crippen LogP contribution < -0.4 is 5.32 Å². The van der Waals surface area contributed by atoms with E-state index < -0.39 is 9.84 Å². The topological polar surface area (TPSA) is 74.8 Å². The molecule has 1 aliphatic carbocycles. The smallest absolute Gasteiger partial charge is 0.179 e. The highest BCUT2D eigenvalue weighted by Crippen LogP contribution is 2.20. The van der Waals surface area contributed by atoms with Crippen molar-refractivity contribution in [3.63, 3.8) is 0 Å². The molecule has 3 rings (SSSR count). The summed E-state index contributed by atoms with van der Waals surface area (Å²) in [5.41, 5.74) is 3.51. The van der Waals surface area contributed by atoms with Gasteiger partial charge < -0.3 is 5.32 Å². The Morgan fingerprint density at radius 3 is 2.83 bits per heavy atom. The number of aromatic nitrogens is 2. The fourth-order valence-electron chi connectivity index (χ4n) is 3.18. The van der Waals surface area contributed by atoms with Crippen LogP contribution in [0.25, 0.3) is 0 Å². The highest BCUT2D eigenvalue weighted by atomic mass is 32.2. The molecule has 23 heavy (non-hydrogen) atoms. The Kier molecular flexibility index (Phi) is 4.55. The SMILES string of the molecule is Cc1ccc(S(=O)(=O)C[C@@H](C)N[C@H]2CCc3[nH]ncc3C2)cc1. The van der Waals surface area contributed by atoms with Gasteiger partial charge in [-0.1, -0.05) is 17.7 Å². The van der Waals surface area contributed by atoms with Crippen molar-refractivity contribution in [2.75, 3.05) is 5.75 Å². The van der Waals surface area contributed by atoms with E-state index in [4.69, 9.17) is 0 Å². The molecule has 0 unspecified atom stereocenters. The molecule has 5 nitrogen and oxygen atoms in total. The van der Waals surface area contributed by atoms with Crippen molar-refractivity contribution in [1.82, 2.24) is 15.5 Å². The summed E-state index contributed by atoms with van der Waals surface area (Å²) < 4.78 is 25.0. The Hall–Kier alpha value is -1.66. The van der Waals surface area contributed by atoms with Gasteiger partial charge >= 0.3 is 0 Å². The zero-order chi connectivity index (χ0) is 16.4. The largest absolute Gasteiger partial charge is 0.310 e. The lowest BCUT2D eigenvalue weighted by molar-refractivity contribution is 0.419. The van der Waals surface area contributed by atoms with Crippen molar-refractivity contribution >= 4 is 9.84 Å². The van der Waals surface area contributed by atoms with Crippen LogP contribution in [0, 0.1) is 6.92 Å². The molecule has 0 aliphatic heterocycles. The molecular weight excluding hydrogens is 310 g/mol. The maximum Gasteiger partial charge on any atom is 0.179 e. The summed E-state index contributed by atoms with van der Waals surface area (Å²) in [5, 5.41) is 10.6. The van der Waals surface area contributed by atoms with Gasteiger partial charge in [-0.2, -0.15) is 5.10 Å². The van der Waals surface area contributed by atoms with E-state index in [1.54, 1.807) is 12.1 Å². The van der Waals surface area contributed by atoms with Gasteiger partial charge in [0.25, 0.3) is 0 Å². The van der Waals surface area contributed by atoms with Crippen molar-refractivity contribution in [2.45, 2.75) is 50.1 Å². The number of nitrogens with zero attached hydrogens (tertiary/aromatic N) is 1. The lowest BCUT2D eigenvalue weighted by Crippen LogP contribution is -2.43. The average molecular weight is 333 g/mol. The second-order valence-electron chi connectivity index (χ2n) is 6.48. The number of sulfone groups is 1. The minimum Gasteiger partial charge on any atom is -0.310 e. The van der Waals surface area contributed by atoms with E-state index in [1.165, 1.54) is 11.3 Å². The molecule has 1 aliphatic rings. The molecule has 1 heterocycles. The quantitative estimate of drug-likeness (QED) is 0.878. The number of fused-ring (bicyclic) bond motifs is 1. The lowest BCUT2D eigenvalue weighted by Gasteiger charge is -2.26. The number of rotatable bonds is 5. The Bertz CT molecular complexity index is 765. The summed E-state index contributed by atoms with van der Waals surface area (Å²) >= 11 is 0. The van der Waals surface area contributed by atoms with Gasteiger partial charge in [0.05, 0.1) is 16.8 Å². The van der Waals surface area contributed by atoms with Gasteiger partial charge in [0, 0.05) is 17.8 Å². The standard InChI is InChI=1S/C17H23N3O2S/c1-12-3-6-16(7-4-12)23(21,22)11-13(2)19-15-5-8-17-14(9-15)10-18-20-17/h3-4,6-7,10,13,15,19H,5,8-9,11H2,1-2H3,(H,18,20)/t13-,15+/m1/s1. The molecule has 0 radical (unpaired) electrons. The van der Waals surface area contributed by atoms with Crippen molar-refractivity contribution in [3.8, 4) is 0 Å². The number of nitrogens with one attached hydrogen (secondary N) is 2. The third-order valence-electron chi connectivity index (χ3n) is 4.39. The summed E-state index contributed by atoms with van der Waals surface area (Å²) in [6.07, 6.45) is 4.74. The van der Waals surface area contributed by atoms with Gasteiger partial charge in [0.1, 0.15) is 0 Å². The minimum absolute atomic E-state index is 0.0836. The Morgan fingerprint density at radius 1 is 1.35 bits per heavy atom. The minimum atomic E-state index is -3.26. The summed E-state index contributed by atoms with van der Waals surface area (Å²) in [6.45, 7) is 3.89. The van der Waals surface area contributed by atoms with E-state index in [0.717, 1.165) is 24.8 Å². The Morgan fingerprint density at radius 2 is 2.09 bits per heavy atom. The normalized spacial score (nSPS) is 19.3. The van der Waals surface area contributed by atoms with E-state index >= 15 is 0 Å². The number of hydrogen-bond acceptors (Lipinski definition) is 4. The summed E-state index contributed by atoms with van der Waals surface area (Å²) in [5.74, 6) is 0.116. The van der Waals surface area contributed by atoms with Gasteiger partial charge in [0.15, 0.2) is 9.84 Å². The summed E-state index contributed by atoms with van der Waals surface area (Å²) in [7, 11) is -3.26. The second-order valence-corrected chi connectivity index (χ2v) is 8.51. The Balaban J connectivity index is 1.61. The van der Waals surface area contributed by atoms with Gasteiger partial charge in [-0.25, -0.2) is 8.42 Å². The van der Waals surface area contributed by atoms with Crippen molar-refractivity contribution in [3.05, 3.63) is 47.3 Å². The fraction of sp³-hybridized carbons (Fsp3) is 0.471. The molecule has 6 heteroatoms. The molecule has 1 aromatic heterocycles. The van der Waals surface area contributed by atoms with Crippen LogP contribution in [-0.2, 0) is 22.7 Å². The first kappa shape index (κ1) is 16.2. The van der Waals surface area contributed by atoms with E-state index in [1.807, 2.05) is 32.2 Å². The molecule has 2 atom stereocenters. The molecule has 0 saturated carbocycles. The van der Waals surface area contributed by atoms with E-state index in [9.17, 15) is 8.42 Å². The number of benzene rings is 1. The molecule has 0 spiro atoms. The molecule has 2 aromatic rings. The molecule has 124 valence electrons. The van der Waals surface area contributed by atoms with E-state index in [2.05, 4.69) is 15.5 Å². The maximum absolute atomic E-state index is 12.5. The Labute approximate surface area is 137 Å². The number of aromatic amines is 1. The van der Waals surface area contributed by atoms with E-state index in [0.29, 0.717) is 10.9 Å². The van der Waals surface area contributed by atoms with Crippen LogP contribution in [0.2, 0.25) is 0 Å². The maximum atomic E-state index is 12.5. The zero-order valence-electron chi connectivity index (χ0n) is 13.5. The molecule has 0 amide bonds. The molecule has 0 fully saturated rings. The van der Waals surface area contributed by atoms with E-state index in [-0.39, 0.29) is 11.8 Å². The fourth-order valence-corrected chi connectivity index (χ4v) is 4.68. The van der Waals surface area contributed by atoms with Gasteiger partial charge in [-0.3, -0.25) is 5.10 Å². The van der Waals surface area contributed by atoms with Gasteiger partial charge in [-0.15, -0.1) is 0 Å². The lowest BCUT2D eigenvalue weighted by atomic mass is 9.93.